The van der Waals surface area contributed by atoms with E-state index in [0.717, 1.165) is 37.8 Å². The molecule has 3 aromatic rings. The summed E-state index contributed by atoms with van der Waals surface area (Å²) in [5.74, 6) is 1.56. The maximum atomic E-state index is 13.1. The van der Waals surface area contributed by atoms with Crippen LogP contribution in [0.15, 0.2) is 54.9 Å². The van der Waals surface area contributed by atoms with Crippen LogP contribution in [-0.4, -0.2) is 34.7 Å². The van der Waals surface area contributed by atoms with E-state index in [0.29, 0.717) is 40.9 Å². The van der Waals surface area contributed by atoms with Crippen molar-refractivity contribution in [2.45, 2.75) is 38.7 Å². The summed E-state index contributed by atoms with van der Waals surface area (Å²) in [6, 6.07) is 11.2. The highest BCUT2D eigenvalue weighted by atomic mass is 35.5. The number of nitrogens with zero attached hydrogens (tertiary/aromatic N) is 3. The molecule has 2 aromatic heterocycles. The van der Waals surface area contributed by atoms with Gasteiger partial charge in [-0.1, -0.05) is 23.7 Å². The molecule has 2 fully saturated rings. The van der Waals surface area contributed by atoms with Crippen LogP contribution in [0.25, 0.3) is 0 Å². The lowest BCUT2D eigenvalue weighted by atomic mass is 9.91. The minimum absolute atomic E-state index is 0.0276. The van der Waals surface area contributed by atoms with Crippen molar-refractivity contribution in [3.05, 3.63) is 76.8 Å². The zero-order valence-electron chi connectivity index (χ0n) is 20.3. The van der Waals surface area contributed by atoms with Gasteiger partial charge in [0.1, 0.15) is 29.8 Å². The molecular formula is C28H28ClFN4O3. The van der Waals surface area contributed by atoms with Crippen LogP contribution in [0.3, 0.4) is 0 Å². The molecule has 3 heterocycles. The number of carbonyl (C=O) groups excluding carboxylic acids is 2. The lowest BCUT2D eigenvalue weighted by molar-refractivity contribution is -0.117. The fraction of sp³-hybridized carbons (Fsp3) is 0.357. The van der Waals surface area contributed by atoms with Crippen LogP contribution in [0.5, 0.6) is 5.75 Å². The summed E-state index contributed by atoms with van der Waals surface area (Å²) >= 11 is 6.56. The number of benzene rings is 1. The Balaban J connectivity index is 1.17. The Bertz CT molecular complexity index is 1280. The van der Waals surface area contributed by atoms with Crippen molar-refractivity contribution in [3.8, 4) is 5.75 Å². The number of pyridine rings is 2. The molecule has 0 radical (unpaired) electrons. The van der Waals surface area contributed by atoms with Gasteiger partial charge in [0.25, 0.3) is 0 Å². The Hall–Kier alpha value is -3.52. The lowest BCUT2D eigenvalue weighted by Gasteiger charge is -2.34. The number of ether oxygens (including phenoxy) is 1. The molecule has 7 nitrogen and oxygen atoms in total. The van der Waals surface area contributed by atoms with Gasteiger partial charge in [-0.25, -0.2) is 14.4 Å². The summed E-state index contributed by atoms with van der Waals surface area (Å²) in [6.45, 7) is 1.76. The number of anilines is 2. The van der Waals surface area contributed by atoms with Crippen LogP contribution in [0, 0.1) is 17.7 Å². The Morgan fingerprint density at radius 3 is 2.68 bits per heavy atom. The van der Waals surface area contributed by atoms with Gasteiger partial charge in [-0.2, -0.15) is 0 Å². The number of hydrogen-bond acceptors (Lipinski definition) is 6. The molecule has 1 aliphatic carbocycles. The number of ketones is 1. The van der Waals surface area contributed by atoms with E-state index in [2.05, 4.69) is 20.2 Å². The number of hydrogen-bond donors (Lipinski definition) is 1. The smallest absolute Gasteiger partial charge is 0.228 e. The van der Waals surface area contributed by atoms with Gasteiger partial charge in [-0.05, 0) is 61.4 Å². The van der Waals surface area contributed by atoms with E-state index in [9.17, 15) is 14.0 Å². The Kier molecular flexibility index (Phi) is 7.65. The number of aromatic nitrogens is 2. The molecule has 9 heteroatoms. The third-order valence-electron chi connectivity index (χ3n) is 6.69. The van der Waals surface area contributed by atoms with Crippen LogP contribution in [0.4, 0.5) is 16.0 Å². The molecule has 192 valence electrons. The molecule has 2 aliphatic rings. The fourth-order valence-corrected chi connectivity index (χ4v) is 4.80. The summed E-state index contributed by atoms with van der Waals surface area (Å²) in [5, 5.41) is 3.28. The summed E-state index contributed by atoms with van der Waals surface area (Å²) in [7, 11) is 0. The van der Waals surface area contributed by atoms with Gasteiger partial charge in [0.2, 0.25) is 5.91 Å². The van der Waals surface area contributed by atoms with E-state index in [4.69, 9.17) is 16.3 Å². The van der Waals surface area contributed by atoms with Crippen molar-refractivity contribution in [1.82, 2.24) is 9.97 Å². The molecular weight excluding hydrogens is 495 g/mol. The number of Topliss-reactive ketones (excluding diaryl/α,β-unsaturated/α-hetero) is 1. The average Bonchev–Trinajstić information content (AvgIpc) is 3.75. The quantitative estimate of drug-likeness (QED) is 0.364. The van der Waals surface area contributed by atoms with Gasteiger partial charge in [-0.15, -0.1) is 0 Å². The van der Waals surface area contributed by atoms with Crippen LogP contribution in [0.1, 0.15) is 48.0 Å². The normalized spacial score (nSPS) is 17.4. The number of piperidine rings is 1. The SMILES string of the molecule is O=C(C[C@@H]1CCCN(c2ncc(OCc3ccc(F)cc3)cc2Cl)C1)c1ccnc(NC(=O)C2CC2)c1. The van der Waals surface area contributed by atoms with Crippen LogP contribution >= 0.6 is 11.6 Å². The maximum Gasteiger partial charge on any atom is 0.228 e. The van der Waals surface area contributed by atoms with Crippen molar-refractivity contribution >= 4 is 34.9 Å². The number of carbonyl (C=O) groups is 2. The highest BCUT2D eigenvalue weighted by Crippen LogP contribution is 2.32. The Morgan fingerprint density at radius 2 is 1.92 bits per heavy atom. The maximum absolute atomic E-state index is 13.1. The molecule has 37 heavy (non-hydrogen) atoms. The van der Waals surface area contributed by atoms with E-state index in [1.807, 2.05) is 0 Å². The van der Waals surface area contributed by atoms with Crippen LogP contribution < -0.4 is 15.0 Å². The minimum atomic E-state index is -0.290. The number of amides is 1. The van der Waals surface area contributed by atoms with Gasteiger partial charge >= 0.3 is 0 Å². The predicted molar refractivity (Wildman–Crippen MR) is 139 cm³/mol. The monoisotopic (exact) mass is 522 g/mol. The molecule has 1 N–H and O–H groups in total. The molecule has 1 aromatic carbocycles. The highest BCUT2D eigenvalue weighted by molar-refractivity contribution is 6.33. The van der Waals surface area contributed by atoms with Crippen molar-refractivity contribution in [2.75, 3.05) is 23.3 Å². The molecule has 1 saturated heterocycles. The first-order valence-electron chi connectivity index (χ1n) is 12.5. The second-order valence-electron chi connectivity index (χ2n) is 9.67. The number of nitrogens with one attached hydrogen (secondary N) is 1. The van der Waals surface area contributed by atoms with E-state index >= 15 is 0 Å². The standard InChI is InChI=1S/C28H28ClFN4O3/c29-24-14-23(37-17-18-3-7-22(30)8-4-18)15-32-27(24)34-11-1-2-19(16-34)12-25(35)21-9-10-31-26(13-21)33-28(36)20-5-6-20/h3-4,7-10,13-15,19-20H,1-2,5-6,11-12,16-17H2,(H,31,33,36)/t19-/m0/s1. The Morgan fingerprint density at radius 1 is 1.11 bits per heavy atom. The molecule has 1 saturated carbocycles. The van der Waals surface area contributed by atoms with E-state index in [1.54, 1.807) is 42.7 Å². The van der Waals surface area contributed by atoms with Crippen LogP contribution in [0.2, 0.25) is 5.02 Å². The topological polar surface area (TPSA) is 84.4 Å². The average molecular weight is 523 g/mol. The van der Waals surface area contributed by atoms with Gasteiger partial charge in [0.05, 0.1) is 11.2 Å². The van der Waals surface area contributed by atoms with Crippen molar-refractivity contribution in [1.29, 1.82) is 0 Å². The van der Waals surface area contributed by atoms with E-state index < -0.39 is 0 Å². The third kappa shape index (κ3) is 6.63. The summed E-state index contributed by atoms with van der Waals surface area (Å²) in [4.78, 5) is 35.9. The molecule has 1 aliphatic heterocycles. The molecule has 5 rings (SSSR count). The third-order valence-corrected chi connectivity index (χ3v) is 6.97. The minimum Gasteiger partial charge on any atom is -0.487 e. The highest BCUT2D eigenvalue weighted by Gasteiger charge is 2.30. The summed E-state index contributed by atoms with van der Waals surface area (Å²) in [6.07, 6.45) is 7.28. The van der Waals surface area contributed by atoms with E-state index in [1.165, 1.54) is 12.1 Å². The largest absolute Gasteiger partial charge is 0.487 e. The first-order chi connectivity index (χ1) is 17.9. The zero-order chi connectivity index (χ0) is 25.8. The van der Waals surface area contributed by atoms with Crippen molar-refractivity contribution in [2.24, 2.45) is 11.8 Å². The molecule has 0 bridgehead atoms. The second-order valence-corrected chi connectivity index (χ2v) is 10.1. The second kappa shape index (κ2) is 11.3. The Labute approximate surface area is 220 Å². The summed E-state index contributed by atoms with van der Waals surface area (Å²) in [5.41, 5.74) is 1.40. The van der Waals surface area contributed by atoms with Gasteiger partial charge in [0.15, 0.2) is 5.78 Å². The molecule has 0 unspecified atom stereocenters. The lowest BCUT2D eigenvalue weighted by Crippen LogP contribution is -2.37. The van der Waals surface area contributed by atoms with Gasteiger partial charge in [0, 0.05) is 43.3 Å². The van der Waals surface area contributed by atoms with Gasteiger partial charge < -0.3 is 15.0 Å². The molecule has 0 spiro atoms. The van der Waals surface area contributed by atoms with Crippen molar-refractivity contribution in [3.63, 3.8) is 0 Å². The van der Waals surface area contributed by atoms with Crippen LogP contribution in [-0.2, 0) is 11.4 Å². The molecule has 1 atom stereocenters. The predicted octanol–water partition coefficient (Wildman–Crippen LogP) is 5.69. The van der Waals surface area contributed by atoms with Gasteiger partial charge in [-0.3, -0.25) is 9.59 Å². The first kappa shape index (κ1) is 25.1. The first-order valence-corrected chi connectivity index (χ1v) is 12.9. The van der Waals surface area contributed by atoms with Crippen molar-refractivity contribution < 1.29 is 18.7 Å². The fourth-order valence-electron chi connectivity index (χ4n) is 4.52. The zero-order valence-corrected chi connectivity index (χ0v) is 21.1. The number of rotatable bonds is 9. The number of halogens is 2. The summed E-state index contributed by atoms with van der Waals surface area (Å²) < 4.78 is 18.8. The molecule has 1 amide bonds. The van der Waals surface area contributed by atoms with E-state index in [-0.39, 0.29) is 36.0 Å².